The Morgan fingerprint density at radius 2 is 2.14 bits per heavy atom. The molecule has 2 atom stereocenters. The summed E-state index contributed by atoms with van der Waals surface area (Å²) in [7, 11) is 0. The van der Waals surface area contributed by atoms with Crippen LogP contribution in [0.1, 0.15) is 48.4 Å². The minimum absolute atomic E-state index is 0.228. The predicted octanol–water partition coefficient (Wildman–Crippen LogP) is 4.08. The summed E-state index contributed by atoms with van der Waals surface area (Å²) < 4.78 is 13.3. The second-order valence-electron chi connectivity index (χ2n) is 7.75. The fourth-order valence-corrected chi connectivity index (χ4v) is 4.25. The Kier molecular flexibility index (Phi) is 4.29. The second-order valence-corrected chi connectivity index (χ2v) is 7.75. The van der Waals surface area contributed by atoms with E-state index in [1.54, 1.807) is 0 Å². The summed E-state index contributed by atoms with van der Waals surface area (Å²) in [4.78, 5) is 9.18. The van der Waals surface area contributed by atoms with Crippen LogP contribution in [0.3, 0.4) is 0 Å². The number of aromatic nitrogens is 4. The summed E-state index contributed by atoms with van der Waals surface area (Å²) in [5.74, 6) is 0.737. The van der Waals surface area contributed by atoms with E-state index in [2.05, 4.69) is 32.7 Å². The third-order valence-electron chi connectivity index (χ3n) is 5.64. The van der Waals surface area contributed by atoms with Crippen LogP contribution in [0.5, 0.6) is 0 Å². The summed E-state index contributed by atoms with van der Waals surface area (Å²) in [6.45, 7) is 4.74. The molecule has 7 heteroatoms. The van der Waals surface area contributed by atoms with Crippen LogP contribution in [0.4, 0.5) is 0 Å². The first-order chi connectivity index (χ1) is 14.1. The van der Waals surface area contributed by atoms with Crippen molar-refractivity contribution in [2.24, 2.45) is 0 Å². The topological polar surface area (TPSA) is 89.8 Å². The van der Waals surface area contributed by atoms with Crippen molar-refractivity contribution in [1.82, 2.24) is 19.7 Å². The molecule has 29 heavy (non-hydrogen) atoms. The van der Waals surface area contributed by atoms with Crippen molar-refractivity contribution in [3.63, 3.8) is 0 Å². The molecule has 0 spiro atoms. The molecule has 0 aliphatic carbocycles. The first kappa shape index (κ1) is 17.8. The Morgan fingerprint density at radius 1 is 1.24 bits per heavy atom. The zero-order chi connectivity index (χ0) is 20.0. The van der Waals surface area contributed by atoms with E-state index in [1.165, 1.54) is 0 Å². The van der Waals surface area contributed by atoms with Gasteiger partial charge >= 0.3 is 0 Å². The zero-order valence-electron chi connectivity index (χ0n) is 16.4. The number of benzene rings is 1. The summed E-state index contributed by atoms with van der Waals surface area (Å²) in [6, 6.07) is 8.48. The lowest BCUT2D eigenvalue weighted by molar-refractivity contribution is 0.00674. The summed E-state index contributed by atoms with van der Waals surface area (Å²) >= 11 is 0. The molecule has 146 valence electrons. The molecule has 0 bridgehead atoms. The molecule has 3 aromatic heterocycles. The van der Waals surface area contributed by atoms with Gasteiger partial charge in [0.25, 0.3) is 0 Å². The number of aryl methyl sites for hydroxylation is 1. The first-order valence-corrected chi connectivity index (χ1v) is 9.84. The van der Waals surface area contributed by atoms with Crippen molar-refractivity contribution in [2.45, 2.75) is 45.3 Å². The predicted molar refractivity (Wildman–Crippen MR) is 107 cm³/mol. The van der Waals surface area contributed by atoms with E-state index in [0.29, 0.717) is 18.0 Å². The number of nitrogens with zero attached hydrogens (tertiary/aromatic N) is 5. The van der Waals surface area contributed by atoms with Crippen LogP contribution in [0.15, 0.2) is 35.2 Å². The maximum atomic E-state index is 9.78. The van der Waals surface area contributed by atoms with Gasteiger partial charge in [0.2, 0.25) is 0 Å². The average Bonchev–Trinajstić information content (AvgIpc) is 3.33. The monoisotopic (exact) mass is 387 g/mol. The van der Waals surface area contributed by atoms with Gasteiger partial charge in [-0.2, -0.15) is 5.26 Å². The first-order valence-electron chi connectivity index (χ1n) is 9.84. The van der Waals surface area contributed by atoms with Gasteiger partial charge in [-0.3, -0.25) is 4.98 Å². The molecular formula is C22H21N5O2. The van der Waals surface area contributed by atoms with Crippen molar-refractivity contribution in [1.29, 1.82) is 5.26 Å². The molecule has 4 aromatic rings. The largest absolute Gasteiger partial charge is 0.378 e. The maximum absolute atomic E-state index is 9.78. The van der Waals surface area contributed by atoms with Crippen molar-refractivity contribution < 1.29 is 9.26 Å². The number of imidazole rings is 1. The maximum Gasteiger partial charge on any atom is 0.141 e. The summed E-state index contributed by atoms with van der Waals surface area (Å²) in [5, 5.41) is 14.7. The van der Waals surface area contributed by atoms with Gasteiger partial charge in [0.05, 0.1) is 47.0 Å². The van der Waals surface area contributed by atoms with E-state index in [4.69, 9.17) is 9.26 Å². The molecule has 1 aliphatic rings. The van der Waals surface area contributed by atoms with Crippen LogP contribution in [-0.4, -0.2) is 32.4 Å². The van der Waals surface area contributed by atoms with E-state index in [-0.39, 0.29) is 6.10 Å². The van der Waals surface area contributed by atoms with Gasteiger partial charge in [-0.1, -0.05) is 5.16 Å². The molecule has 5 rings (SSSR count). The smallest absolute Gasteiger partial charge is 0.141 e. The lowest BCUT2D eigenvalue weighted by atomic mass is 9.99. The quantitative estimate of drug-likeness (QED) is 0.526. The molecule has 7 nitrogen and oxygen atoms in total. The van der Waals surface area contributed by atoms with Crippen LogP contribution in [-0.2, 0) is 11.2 Å². The van der Waals surface area contributed by atoms with E-state index < -0.39 is 0 Å². The number of pyridine rings is 1. The minimum atomic E-state index is 0.228. The van der Waals surface area contributed by atoms with Crippen LogP contribution in [0.2, 0.25) is 0 Å². The highest BCUT2D eigenvalue weighted by molar-refractivity contribution is 6.03. The SMILES string of the molecule is Cc1cc(Cc2cc3ncc4ncn([C@@H]5CCO[C@H](C)C5)c4c3cc2C#N)on1. The number of hydrogen-bond donors (Lipinski definition) is 0. The zero-order valence-corrected chi connectivity index (χ0v) is 16.4. The number of nitriles is 1. The van der Waals surface area contributed by atoms with Crippen LogP contribution in [0, 0.1) is 18.3 Å². The lowest BCUT2D eigenvalue weighted by Crippen LogP contribution is -2.25. The summed E-state index contributed by atoms with van der Waals surface area (Å²) in [5.41, 5.74) is 5.06. The number of ether oxygens (including phenoxy) is 1. The lowest BCUT2D eigenvalue weighted by Gasteiger charge is -2.28. The van der Waals surface area contributed by atoms with Gasteiger partial charge in [0, 0.05) is 30.5 Å². The number of rotatable bonds is 3. The van der Waals surface area contributed by atoms with E-state index in [1.807, 2.05) is 37.6 Å². The van der Waals surface area contributed by atoms with E-state index in [0.717, 1.165) is 58.4 Å². The van der Waals surface area contributed by atoms with Crippen LogP contribution < -0.4 is 0 Å². The Morgan fingerprint density at radius 3 is 2.90 bits per heavy atom. The Balaban J connectivity index is 1.65. The van der Waals surface area contributed by atoms with Crippen molar-refractivity contribution in [3.05, 3.63) is 53.3 Å². The van der Waals surface area contributed by atoms with E-state index in [9.17, 15) is 5.26 Å². The van der Waals surface area contributed by atoms with Crippen LogP contribution >= 0.6 is 0 Å². The molecule has 0 amide bonds. The molecule has 4 heterocycles. The molecule has 1 aromatic carbocycles. The summed E-state index contributed by atoms with van der Waals surface area (Å²) in [6.07, 6.45) is 6.34. The third kappa shape index (κ3) is 3.15. The highest BCUT2D eigenvalue weighted by Gasteiger charge is 2.23. The van der Waals surface area contributed by atoms with Gasteiger partial charge in [0.15, 0.2) is 0 Å². The molecule has 1 fully saturated rings. The van der Waals surface area contributed by atoms with Gasteiger partial charge in [0.1, 0.15) is 11.3 Å². The fourth-order valence-electron chi connectivity index (χ4n) is 4.25. The Hall–Kier alpha value is -3.24. The molecule has 0 radical (unpaired) electrons. The highest BCUT2D eigenvalue weighted by atomic mass is 16.5. The standard InChI is InChI=1S/C22H21N5O2/c1-13-5-18(29-26-13)7-15-9-20-19(8-16(15)10-23)22-21(11-24-20)25-12-27(22)17-3-4-28-14(2)6-17/h5,8-9,11-12,14,17H,3-4,6-7H2,1-2H3/t14-,17-/m1/s1. The van der Waals surface area contributed by atoms with Gasteiger partial charge in [-0.15, -0.1) is 0 Å². The van der Waals surface area contributed by atoms with Crippen molar-refractivity contribution in [2.75, 3.05) is 6.61 Å². The number of hydrogen-bond acceptors (Lipinski definition) is 6. The minimum Gasteiger partial charge on any atom is -0.378 e. The normalized spacial score (nSPS) is 19.6. The fraction of sp³-hybridized carbons (Fsp3) is 0.364. The van der Waals surface area contributed by atoms with Crippen molar-refractivity contribution in [3.8, 4) is 6.07 Å². The van der Waals surface area contributed by atoms with Crippen LogP contribution in [0.25, 0.3) is 21.9 Å². The van der Waals surface area contributed by atoms with Gasteiger partial charge in [-0.05, 0) is 44.4 Å². The van der Waals surface area contributed by atoms with E-state index >= 15 is 0 Å². The molecule has 1 aliphatic heterocycles. The van der Waals surface area contributed by atoms with Gasteiger partial charge in [-0.25, -0.2) is 4.98 Å². The van der Waals surface area contributed by atoms with Crippen molar-refractivity contribution >= 4 is 21.9 Å². The second kappa shape index (κ2) is 6.98. The van der Waals surface area contributed by atoms with Gasteiger partial charge < -0.3 is 13.8 Å². The molecular weight excluding hydrogens is 366 g/mol. The highest BCUT2D eigenvalue weighted by Crippen LogP contribution is 2.32. The number of fused-ring (bicyclic) bond motifs is 3. The molecule has 1 saturated heterocycles. The molecule has 0 unspecified atom stereocenters. The average molecular weight is 387 g/mol. The molecule has 0 saturated carbocycles. The molecule has 0 N–H and O–H groups in total. The Bertz CT molecular complexity index is 1250. The Labute approximate surface area is 167 Å². The third-order valence-corrected chi connectivity index (χ3v) is 5.64.